The number of nitrogens with zero attached hydrogens (tertiary/aromatic N) is 2. The van der Waals surface area contributed by atoms with E-state index in [0.717, 1.165) is 28.6 Å². The molecule has 3 aromatic rings. The molecule has 2 heterocycles. The van der Waals surface area contributed by atoms with Crippen molar-refractivity contribution in [1.82, 2.24) is 9.88 Å². The van der Waals surface area contributed by atoms with E-state index in [1.165, 1.54) is 17.8 Å². The van der Waals surface area contributed by atoms with Crippen molar-refractivity contribution >= 4 is 28.6 Å². The molecule has 0 aliphatic carbocycles. The lowest BCUT2D eigenvalue weighted by molar-refractivity contribution is -0.146. The van der Waals surface area contributed by atoms with E-state index in [1.807, 2.05) is 18.2 Å². The van der Waals surface area contributed by atoms with Crippen LogP contribution in [0.3, 0.4) is 0 Å². The van der Waals surface area contributed by atoms with Gasteiger partial charge < -0.3 is 19.8 Å². The molecule has 1 aliphatic heterocycles. The fourth-order valence-electron chi connectivity index (χ4n) is 5.04. The second-order valence-corrected chi connectivity index (χ2v) is 10.7. The standard InChI is InChI=1S/C28H31F3N2O4S/c1-37-20-6-7-25-23(16-20)22(9-11-32-25)26(34)8-5-18-10-12-33(17-24(18)27(35)36)13-14-38-21-4-2-3-19(15-21)28(29,30)31/h2-4,6-7,9,11,15-16,18,24,26,34H,5,8,10,12-14,17H2,1H3,(H,35,36)/t18-,24+,26?/m1/s1. The number of ether oxygens (including phenoxy) is 1. The van der Waals surface area contributed by atoms with Gasteiger partial charge in [0.1, 0.15) is 5.75 Å². The SMILES string of the molecule is COc1ccc2nccc(C(O)CC[C@@H]3CCN(CCSc4cccc(C(F)(F)F)c4)C[C@@H]3C(=O)O)c2c1. The molecule has 6 nitrogen and oxygen atoms in total. The van der Waals surface area contributed by atoms with Crippen LogP contribution in [0, 0.1) is 11.8 Å². The maximum atomic E-state index is 12.9. The highest BCUT2D eigenvalue weighted by atomic mass is 32.2. The molecule has 3 atom stereocenters. The summed E-state index contributed by atoms with van der Waals surface area (Å²) in [6, 6.07) is 12.5. The van der Waals surface area contributed by atoms with Gasteiger partial charge in [-0.3, -0.25) is 9.78 Å². The Morgan fingerprint density at radius 2 is 2.05 bits per heavy atom. The minimum Gasteiger partial charge on any atom is -0.497 e. The van der Waals surface area contributed by atoms with Crippen LogP contribution >= 0.6 is 11.8 Å². The Balaban J connectivity index is 1.32. The van der Waals surface area contributed by atoms with Gasteiger partial charge in [-0.2, -0.15) is 13.2 Å². The number of piperidine rings is 1. The van der Waals surface area contributed by atoms with Gasteiger partial charge in [-0.05, 0) is 79.8 Å². The van der Waals surface area contributed by atoms with E-state index in [-0.39, 0.29) is 5.92 Å². The monoisotopic (exact) mass is 548 g/mol. The quantitative estimate of drug-likeness (QED) is 0.306. The van der Waals surface area contributed by atoms with E-state index in [2.05, 4.69) is 9.88 Å². The van der Waals surface area contributed by atoms with Gasteiger partial charge in [0.15, 0.2) is 0 Å². The van der Waals surface area contributed by atoms with Gasteiger partial charge in [0, 0.05) is 35.3 Å². The summed E-state index contributed by atoms with van der Waals surface area (Å²) < 4.78 is 44.2. The molecule has 0 radical (unpaired) electrons. The number of aliphatic hydroxyl groups excluding tert-OH is 1. The van der Waals surface area contributed by atoms with Crippen LogP contribution in [0.2, 0.25) is 0 Å². The van der Waals surface area contributed by atoms with Crippen LogP contribution in [0.15, 0.2) is 59.6 Å². The second kappa shape index (κ2) is 12.4. The molecular weight excluding hydrogens is 517 g/mol. The number of fused-ring (bicyclic) bond motifs is 1. The maximum Gasteiger partial charge on any atom is 0.416 e. The Morgan fingerprint density at radius 3 is 2.79 bits per heavy atom. The molecule has 1 saturated heterocycles. The largest absolute Gasteiger partial charge is 0.497 e. The number of likely N-dealkylation sites (tertiary alicyclic amines) is 1. The Morgan fingerprint density at radius 1 is 1.24 bits per heavy atom. The Labute approximate surface area is 223 Å². The smallest absolute Gasteiger partial charge is 0.416 e. The van der Waals surface area contributed by atoms with Gasteiger partial charge in [-0.1, -0.05) is 6.07 Å². The first-order valence-corrected chi connectivity index (χ1v) is 13.5. The molecule has 2 N–H and O–H groups in total. The van der Waals surface area contributed by atoms with Crippen molar-refractivity contribution in [3.05, 3.63) is 65.9 Å². The number of hydrogen-bond donors (Lipinski definition) is 2. The lowest BCUT2D eigenvalue weighted by Gasteiger charge is -2.37. The van der Waals surface area contributed by atoms with Gasteiger partial charge in [-0.15, -0.1) is 11.8 Å². The lowest BCUT2D eigenvalue weighted by Crippen LogP contribution is -2.44. The van der Waals surface area contributed by atoms with Gasteiger partial charge in [-0.25, -0.2) is 0 Å². The average molecular weight is 549 g/mol. The first-order chi connectivity index (χ1) is 18.2. The molecular formula is C28H31F3N2O4S. The van der Waals surface area contributed by atoms with Gasteiger partial charge in [0.2, 0.25) is 0 Å². The van der Waals surface area contributed by atoms with Crippen molar-refractivity contribution in [3.8, 4) is 5.75 Å². The third kappa shape index (κ3) is 6.98. The van der Waals surface area contributed by atoms with E-state index >= 15 is 0 Å². The van der Waals surface area contributed by atoms with Crippen molar-refractivity contribution in [1.29, 1.82) is 0 Å². The predicted molar refractivity (Wildman–Crippen MR) is 140 cm³/mol. The van der Waals surface area contributed by atoms with Crippen LogP contribution in [0.25, 0.3) is 10.9 Å². The van der Waals surface area contributed by atoms with Crippen molar-refractivity contribution in [2.45, 2.75) is 36.4 Å². The number of alkyl halides is 3. The summed E-state index contributed by atoms with van der Waals surface area (Å²) in [5.74, 6) is -0.265. The van der Waals surface area contributed by atoms with Crippen molar-refractivity contribution in [2.24, 2.45) is 11.8 Å². The number of carbonyl (C=O) groups is 1. The van der Waals surface area contributed by atoms with E-state index in [0.29, 0.717) is 55.3 Å². The first kappa shape index (κ1) is 28.2. The minimum absolute atomic E-state index is 0.0721. The molecule has 0 spiro atoms. The normalized spacial score (nSPS) is 19.4. The molecule has 204 valence electrons. The maximum absolute atomic E-state index is 12.9. The predicted octanol–water partition coefficient (Wildman–Crippen LogP) is 5.89. The summed E-state index contributed by atoms with van der Waals surface area (Å²) >= 11 is 1.33. The van der Waals surface area contributed by atoms with Crippen LogP contribution in [-0.2, 0) is 11.0 Å². The molecule has 38 heavy (non-hydrogen) atoms. The molecule has 1 unspecified atom stereocenters. The zero-order chi connectivity index (χ0) is 27.3. The number of aliphatic carboxylic acids is 1. The minimum atomic E-state index is -4.38. The number of pyridine rings is 1. The molecule has 0 saturated carbocycles. The third-order valence-electron chi connectivity index (χ3n) is 7.15. The van der Waals surface area contributed by atoms with Crippen LogP contribution in [0.1, 0.15) is 36.5 Å². The summed E-state index contributed by atoms with van der Waals surface area (Å²) in [5, 5.41) is 21.7. The van der Waals surface area contributed by atoms with Crippen molar-refractivity contribution in [3.63, 3.8) is 0 Å². The summed E-state index contributed by atoms with van der Waals surface area (Å²) in [6.07, 6.45) is -1.80. The fraction of sp³-hybridized carbons (Fsp3) is 0.429. The Hall–Kier alpha value is -2.82. The zero-order valence-electron chi connectivity index (χ0n) is 21.0. The number of benzene rings is 2. The molecule has 0 amide bonds. The number of thioether (sulfide) groups is 1. The number of rotatable bonds is 10. The topological polar surface area (TPSA) is 82.9 Å². The molecule has 2 aromatic carbocycles. The van der Waals surface area contributed by atoms with Crippen LogP contribution < -0.4 is 4.74 Å². The van der Waals surface area contributed by atoms with Crippen molar-refractivity contribution in [2.75, 3.05) is 32.5 Å². The van der Waals surface area contributed by atoms with Crippen molar-refractivity contribution < 1.29 is 32.9 Å². The highest BCUT2D eigenvalue weighted by Gasteiger charge is 2.34. The lowest BCUT2D eigenvalue weighted by atomic mass is 9.81. The number of aromatic nitrogens is 1. The zero-order valence-corrected chi connectivity index (χ0v) is 21.8. The second-order valence-electron chi connectivity index (χ2n) is 9.54. The van der Waals surface area contributed by atoms with E-state index in [4.69, 9.17) is 4.74 Å². The van der Waals surface area contributed by atoms with E-state index < -0.39 is 29.7 Å². The summed E-state index contributed by atoms with van der Waals surface area (Å²) in [4.78, 5) is 19.0. The fourth-order valence-corrected chi connectivity index (χ4v) is 6.01. The molecule has 10 heteroatoms. The summed E-state index contributed by atoms with van der Waals surface area (Å²) in [7, 11) is 1.58. The molecule has 0 bridgehead atoms. The van der Waals surface area contributed by atoms with E-state index in [9.17, 15) is 28.2 Å². The van der Waals surface area contributed by atoms with Gasteiger partial charge >= 0.3 is 12.1 Å². The number of hydrogen-bond acceptors (Lipinski definition) is 6. The Bertz CT molecular complexity index is 1260. The number of aliphatic hydroxyl groups is 1. The highest BCUT2D eigenvalue weighted by molar-refractivity contribution is 7.99. The van der Waals surface area contributed by atoms with Gasteiger partial charge in [0.25, 0.3) is 0 Å². The molecule has 1 fully saturated rings. The average Bonchev–Trinajstić information content (AvgIpc) is 2.91. The number of methoxy groups -OCH3 is 1. The van der Waals surface area contributed by atoms with E-state index in [1.54, 1.807) is 25.4 Å². The summed E-state index contributed by atoms with van der Waals surface area (Å²) in [6.45, 7) is 1.68. The highest BCUT2D eigenvalue weighted by Crippen LogP contribution is 2.35. The molecule has 4 rings (SSSR count). The Kier molecular flexibility index (Phi) is 9.17. The summed E-state index contributed by atoms with van der Waals surface area (Å²) in [5.41, 5.74) is 0.822. The number of carboxylic acids is 1. The number of carboxylic acid groups (broad SMARTS) is 1. The van der Waals surface area contributed by atoms with Crippen LogP contribution in [-0.4, -0.2) is 58.6 Å². The molecule has 1 aliphatic rings. The molecule has 1 aromatic heterocycles. The third-order valence-corrected chi connectivity index (χ3v) is 8.12. The first-order valence-electron chi connectivity index (χ1n) is 12.5. The van der Waals surface area contributed by atoms with Crippen LogP contribution in [0.5, 0.6) is 5.75 Å². The number of halogens is 3. The van der Waals surface area contributed by atoms with Gasteiger partial charge in [0.05, 0.1) is 30.2 Å². The van der Waals surface area contributed by atoms with Crippen LogP contribution in [0.4, 0.5) is 13.2 Å².